The molecular weight excluding hydrogens is 713 g/mol. The molecule has 1 fully saturated rings. The number of benzene rings is 6. The van der Waals surface area contributed by atoms with Crippen LogP contribution in [0.1, 0.15) is 52.0 Å². The largest absolute Gasteiger partial charge is 0.486 e. The molecule has 0 saturated carbocycles. The summed E-state index contributed by atoms with van der Waals surface area (Å²) in [6, 6.07) is 57.1. The molecule has 0 spiro atoms. The Morgan fingerprint density at radius 1 is 0.509 bits per heavy atom. The molecule has 0 aliphatic carbocycles. The minimum absolute atomic E-state index is 0.0151. The van der Waals surface area contributed by atoms with Crippen LogP contribution >= 0.6 is 0 Å². The molecular formula is C50H50O7. The van der Waals surface area contributed by atoms with E-state index in [2.05, 4.69) is 72.8 Å². The first-order chi connectivity index (χ1) is 28.1. The van der Waals surface area contributed by atoms with Crippen molar-refractivity contribution in [2.75, 3.05) is 13.2 Å². The molecule has 6 aromatic rings. The fraction of sp³-hybridized carbons (Fsp3) is 0.260. The maximum atomic E-state index is 11.4. The lowest BCUT2D eigenvalue weighted by Crippen LogP contribution is -2.58. The fourth-order valence-corrected chi connectivity index (χ4v) is 7.06. The van der Waals surface area contributed by atoms with E-state index in [0.29, 0.717) is 45.2 Å². The minimum Gasteiger partial charge on any atom is -0.486 e. The molecule has 0 aromatic heterocycles. The maximum absolute atomic E-state index is 11.4. The lowest BCUT2D eigenvalue weighted by atomic mass is 9.89. The number of Topliss-reactive ketones (excluding diaryl/α,β-unsaturated/α-hetero) is 1. The number of hydrogen-bond donors (Lipinski definition) is 0. The van der Waals surface area contributed by atoms with Gasteiger partial charge in [0.25, 0.3) is 0 Å². The summed E-state index contributed by atoms with van der Waals surface area (Å²) in [5, 5.41) is 0. The van der Waals surface area contributed by atoms with Gasteiger partial charge in [0.15, 0.2) is 5.78 Å². The third-order valence-corrected chi connectivity index (χ3v) is 9.94. The second-order valence-electron chi connectivity index (χ2n) is 14.4. The van der Waals surface area contributed by atoms with Gasteiger partial charge in [0.2, 0.25) is 0 Å². The average Bonchev–Trinajstić information content (AvgIpc) is 3.26. The summed E-state index contributed by atoms with van der Waals surface area (Å²) in [4.78, 5) is 11.4. The Labute approximate surface area is 336 Å². The molecule has 0 bridgehead atoms. The van der Waals surface area contributed by atoms with Crippen LogP contribution in [0.5, 0.6) is 5.75 Å². The third kappa shape index (κ3) is 11.8. The van der Waals surface area contributed by atoms with Crippen LogP contribution in [0.15, 0.2) is 170 Å². The fourth-order valence-electron chi connectivity index (χ4n) is 7.06. The lowest BCUT2D eigenvalue weighted by molar-refractivity contribution is -0.275. The van der Waals surface area contributed by atoms with Gasteiger partial charge in [-0.1, -0.05) is 158 Å². The highest BCUT2D eigenvalue weighted by molar-refractivity contribution is 5.77. The number of carbonyl (C=O) groups is 1. The molecule has 0 radical (unpaired) electrons. The average molecular weight is 763 g/mol. The van der Waals surface area contributed by atoms with Gasteiger partial charge >= 0.3 is 0 Å². The Bertz CT molecular complexity index is 2070. The molecule has 292 valence electrons. The zero-order valence-corrected chi connectivity index (χ0v) is 32.4. The first kappa shape index (κ1) is 39.8. The van der Waals surface area contributed by atoms with Crippen molar-refractivity contribution in [1.82, 2.24) is 0 Å². The quantitative estimate of drug-likeness (QED) is 0.0814. The van der Waals surface area contributed by atoms with Crippen molar-refractivity contribution >= 4 is 5.78 Å². The molecule has 1 unspecified atom stereocenters. The van der Waals surface area contributed by atoms with Gasteiger partial charge in [-0.25, -0.2) is 0 Å². The van der Waals surface area contributed by atoms with Crippen molar-refractivity contribution in [2.24, 2.45) is 0 Å². The summed E-state index contributed by atoms with van der Waals surface area (Å²) in [6.07, 6.45) is -1.86. The predicted molar refractivity (Wildman–Crippen MR) is 221 cm³/mol. The summed E-state index contributed by atoms with van der Waals surface area (Å²) in [7, 11) is 0. The number of ketones is 1. The highest BCUT2D eigenvalue weighted by atomic mass is 16.6. The molecule has 1 heterocycles. The molecule has 1 aliphatic heterocycles. The smallest absolute Gasteiger partial charge is 0.167 e. The van der Waals surface area contributed by atoms with Crippen molar-refractivity contribution < 1.29 is 33.2 Å². The monoisotopic (exact) mass is 762 g/mol. The second-order valence-corrected chi connectivity index (χ2v) is 14.4. The van der Waals surface area contributed by atoms with E-state index in [1.54, 1.807) is 0 Å². The molecule has 7 heteroatoms. The number of ether oxygens (including phenoxy) is 6. The molecule has 0 N–H and O–H groups in total. The van der Waals surface area contributed by atoms with Gasteiger partial charge in [0.05, 0.1) is 33.0 Å². The van der Waals surface area contributed by atoms with E-state index in [-0.39, 0.29) is 12.4 Å². The van der Waals surface area contributed by atoms with Crippen LogP contribution in [0.4, 0.5) is 0 Å². The zero-order chi connectivity index (χ0) is 39.1. The first-order valence-corrected chi connectivity index (χ1v) is 19.6. The number of hydrogen-bond acceptors (Lipinski definition) is 7. The van der Waals surface area contributed by atoms with E-state index in [4.69, 9.17) is 28.4 Å². The zero-order valence-electron chi connectivity index (χ0n) is 32.4. The molecule has 5 atom stereocenters. The molecule has 6 aromatic carbocycles. The summed E-state index contributed by atoms with van der Waals surface area (Å²) in [5.74, 6) is 0.654. The molecule has 7 rings (SSSR count). The highest BCUT2D eigenvalue weighted by Crippen LogP contribution is 2.39. The van der Waals surface area contributed by atoms with E-state index in [1.807, 2.05) is 97.1 Å². The lowest BCUT2D eigenvalue weighted by Gasteiger charge is -2.46. The van der Waals surface area contributed by atoms with Crippen molar-refractivity contribution in [2.45, 2.75) is 70.3 Å². The van der Waals surface area contributed by atoms with Crippen LogP contribution in [-0.4, -0.2) is 43.4 Å². The third-order valence-electron chi connectivity index (χ3n) is 9.94. The Morgan fingerprint density at radius 3 is 1.54 bits per heavy atom. The topological polar surface area (TPSA) is 72.5 Å². The molecule has 0 amide bonds. The van der Waals surface area contributed by atoms with E-state index >= 15 is 0 Å². The molecule has 1 aliphatic rings. The van der Waals surface area contributed by atoms with Crippen LogP contribution in [0.25, 0.3) is 0 Å². The van der Waals surface area contributed by atoms with Crippen molar-refractivity contribution in [3.05, 3.63) is 209 Å². The predicted octanol–water partition coefficient (Wildman–Crippen LogP) is 9.66. The van der Waals surface area contributed by atoms with E-state index in [1.165, 1.54) is 6.92 Å². The number of rotatable bonds is 19. The Hall–Kier alpha value is -5.41. The van der Waals surface area contributed by atoms with Gasteiger partial charge < -0.3 is 28.4 Å². The molecule has 57 heavy (non-hydrogen) atoms. The van der Waals surface area contributed by atoms with E-state index < -0.39 is 30.5 Å². The van der Waals surface area contributed by atoms with E-state index in [0.717, 1.165) is 38.9 Å². The van der Waals surface area contributed by atoms with Crippen molar-refractivity contribution in [3.8, 4) is 5.75 Å². The maximum Gasteiger partial charge on any atom is 0.167 e. The van der Waals surface area contributed by atoms with Gasteiger partial charge in [0, 0.05) is 0 Å². The van der Waals surface area contributed by atoms with Crippen LogP contribution < -0.4 is 4.74 Å². The van der Waals surface area contributed by atoms with Gasteiger partial charge in [-0.2, -0.15) is 0 Å². The first-order valence-electron chi connectivity index (χ1n) is 19.6. The summed E-state index contributed by atoms with van der Waals surface area (Å²) < 4.78 is 39.9. The molecule has 7 nitrogen and oxygen atoms in total. The SMILES string of the molecule is CC(=O)COc1ccc(Cc2cccc([C@@H]3O[C@H](COCc4ccccc4)C(OCc4ccccc4)[C@H](OCc4ccccc4)[C@H]3OCc3ccccc3)c2)cc1. The van der Waals surface area contributed by atoms with Gasteiger partial charge in [-0.15, -0.1) is 0 Å². The minimum atomic E-state index is -0.534. The Balaban J connectivity index is 1.22. The van der Waals surface area contributed by atoms with Crippen molar-refractivity contribution in [3.63, 3.8) is 0 Å². The van der Waals surface area contributed by atoms with E-state index in [9.17, 15) is 4.79 Å². The standard InChI is InChI=1S/C50H50O7/c1-37(51)31-53-45-27-25-38(26-28-45)29-43-23-14-24-44(30-43)47-49(55-34-41-19-10-4-11-20-41)50(56-35-42-21-12-5-13-22-42)48(54-33-40-17-8-3-9-18-40)46(57-47)36-52-32-39-15-6-2-7-16-39/h2-28,30,46-50H,29,31-36H2,1H3/t46-,47+,48?,49+,50+/m1/s1. The Morgan fingerprint density at radius 2 is 1.00 bits per heavy atom. The number of carbonyl (C=O) groups excluding carboxylic acids is 1. The second kappa shape index (κ2) is 20.7. The summed E-state index contributed by atoms with van der Waals surface area (Å²) in [5.41, 5.74) is 7.47. The molecule has 1 saturated heterocycles. The van der Waals surface area contributed by atoms with Crippen LogP contribution in [0, 0.1) is 0 Å². The van der Waals surface area contributed by atoms with Gasteiger partial charge in [-0.3, -0.25) is 4.79 Å². The van der Waals surface area contributed by atoms with Gasteiger partial charge in [0.1, 0.15) is 42.9 Å². The van der Waals surface area contributed by atoms with Crippen LogP contribution in [-0.2, 0) is 61.3 Å². The normalized spacial score (nSPS) is 19.2. The van der Waals surface area contributed by atoms with Crippen LogP contribution in [0.3, 0.4) is 0 Å². The van der Waals surface area contributed by atoms with Gasteiger partial charge in [-0.05, 0) is 64.4 Å². The summed E-state index contributed by atoms with van der Waals surface area (Å²) in [6.45, 7) is 3.42. The van der Waals surface area contributed by atoms with Crippen molar-refractivity contribution in [1.29, 1.82) is 0 Å². The highest BCUT2D eigenvalue weighted by Gasteiger charge is 2.49. The summed E-state index contributed by atoms with van der Waals surface area (Å²) >= 11 is 0. The van der Waals surface area contributed by atoms with Crippen LogP contribution in [0.2, 0.25) is 0 Å². The Kier molecular flexibility index (Phi) is 14.4.